The maximum absolute atomic E-state index is 5.73. The van der Waals surface area contributed by atoms with Crippen molar-refractivity contribution in [2.45, 2.75) is 25.6 Å². The van der Waals surface area contributed by atoms with E-state index in [0.29, 0.717) is 11.8 Å². The molecule has 0 fully saturated rings. The lowest BCUT2D eigenvalue weighted by Gasteiger charge is -2.07. The maximum atomic E-state index is 5.73. The molecule has 2 nitrogen and oxygen atoms in total. The van der Waals surface area contributed by atoms with Gasteiger partial charge in [-0.25, -0.2) is 4.68 Å². The number of rotatable bonds is 3. The van der Waals surface area contributed by atoms with E-state index in [-0.39, 0.29) is 0 Å². The van der Waals surface area contributed by atoms with Gasteiger partial charge in [0.1, 0.15) is 0 Å². The Hall–Kier alpha value is -1.28. The molecule has 3 heteroatoms. The lowest BCUT2D eigenvalue weighted by Crippen LogP contribution is -1.97. The van der Waals surface area contributed by atoms with Gasteiger partial charge >= 0.3 is 0 Å². The number of alkyl halides is 1. The average molecular weight is 235 g/mol. The molecule has 0 aliphatic heterocycles. The molecule has 1 aromatic heterocycles. The van der Waals surface area contributed by atoms with Crippen LogP contribution in [0.5, 0.6) is 0 Å². The predicted molar refractivity (Wildman–Crippen MR) is 67.2 cm³/mol. The van der Waals surface area contributed by atoms with Crippen LogP contribution >= 0.6 is 11.6 Å². The zero-order chi connectivity index (χ0) is 11.5. The summed E-state index contributed by atoms with van der Waals surface area (Å²) in [6.45, 7) is 4.37. The minimum absolute atomic E-state index is 0.455. The van der Waals surface area contributed by atoms with Crippen LogP contribution in [0.3, 0.4) is 0 Å². The highest BCUT2D eigenvalue weighted by Gasteiger charge is 2.03. The topological polar surface area (TPSA) is 17.8 Å². The van der Waals surface area contributed by atoms with Crippen LogP contribution in [0.4, 0.5) is 0 Å². The lowest BCUT2D eigenvalue weighted by molar-refractivity contribution is 0.835. The third-order valence-corrected chi connectivity index (χ3v) is 2.86. The lowest BCUT2D eigenvalue weighted by atomic mass is 10.0. The van der Waals surface area contributed by atoms with E-state index in [1.807, 2.05) is 16.9 Å². The zero-order valence-electron chi connectivity index (χ0n) is 9.52. The van der Waals surface area contributed by atoms with E-state index in [9.17, 15) is 0 Å². The first-order chi connectivity index (χ1) is 7.70. The molecule has 84 valence electrons. The molecule has 0 bridgehead atoms. The molecular weight excluding hydrogens is 220 g/mol. The predicted octanol–water partition coefficient (Wildman–Crippen LogP) is 3.73. The number of aromatic nitrogens is 2. The van der Waals surface area contributed by atoms with E-state index in [1.165, 1.54) is 5.56 Å². The van der Waals surface area contributed by atoms with Gasteiger partial charge in [-0.3, -0.25) is 0 Å². The first kappa shape index (κ1) is 11.2. The highest BCUT2D eigenvalue weighted by atomic mass is 35.5. The molecule has 0 N–H and O–H groups in total. The number of benzene rings is 1. The number of nitrogens with zero attached hydrogens (tertiary/aromatic N) is 2. The molecular formula is C13H15ClN2. The molecule has 0 unspecified atom stereocenters. The second-order valence-corrected chi connectivity index (χ2v) is 4.40. The third kappa shape index (κ3) is 2.27. The summed E-state index contributed by atoms with van der Waals surface area (Å²) in [5.41, 5.74) is 3.31. The Morgan fingerprint density at radius 3 is 2.75 bits per heavy atom. The van der Waals surface area contributed by atoms with Gasteiger partial charge in [0.2, 0.25) is 0 Å². The van der Waals surface area contributed by atoms with E-state index in [4.69, 9.17) is 11.6 Å². The molecule has 0 atom stereocenters. The Bertz CT molecular complexity index is 474. The minimum Gasteiger partial charge on any atom is -0.241 e. The molecule has 0 saturated heterocycles. The largest absolute Gasteiger partial charge is 0.241 e. The van der Waals surface area contributed by atoms with Crippen molar-refractivity contribution < 1.29 is 0 Å². The Balaban J connectivity index is 2.36. The summed E-state index contributed by atoms with van der Waals surface area (Å²) < 4.78 is 1.86. The highest BCUT2D eigenvalue weighted by molar-refractivity contribution is 6.16. The van der Waals surface area contributed by atoms with E-state index in [1.54, 1.807) is 0 Å². The van der Waals surface area contributed by atoms with Crippen LogP contribution in [0.1, 0.15) is 31.0 Å². The molecule has 0 saturated carbocycles. The third-order valence-electron chi connectivity index (χ3n) is 2.58. The second-order valence-electron chi connectivity index (χ2n) is 4.13. The molecule has 2 rings (SSSR count). The van der Waals surface area contributed by atoms with E-state index < -0.39 is 0 Å². The minimum atomic E-state index is 0.455. The first-order valence-electron chi connectivity index (χ1n) is 5.41. The van der Waals surface area contributed by atoms with Crippen LogP contribution in [0, 0.1) is 0 Å². The normalized spacial score (nSPS) is 11.0. The summed E-state index contributed by atoms with van der Waals surface area (Å²) in [5, 5.41) is 4.38. The number of hydrogen-bond donors (Lipinski definition) is 0. The van der Waals surface area contributed by atoms with Gasteiger partial charge in [-0.2, -0.15) is 5.10 Å². The second kappa shape index (κ2) is 4.71. The number of halogens is 1. The van der Waals surface area contributed by atoms with Crippen LogP contribution in [0.15, 0.2) is 36.5 Å². The highest BCUT2D eigenvalue weighted by Crippen LogP contribution is 2.18. The van der Waals surface area contributed by atoms with Crippen molar-refractivity contribution in [1.29, 1.82) is 0 Å². The van der Waals surface area contributed by atoms with Crippen LogP contribution < -0.4 is 0 Å². The van der Waals surface area contributed by atoms with Crippen molar-refractivity contribution in [3.63, 3.8) is 0 Å². The van der Waals surface area contributed by atoms with Crippen molar-refractivity contribution >= 4 is 11.6 Å². The summed E-state index contributed by atoms with van der Waals surface area (Å²) in [6.07, 6.45) is 1.94. The van der Waals surface area contributed by atoms with Gasteiger partial charge in [-0.1, -0.05) is 26.0 Å². The van der Waals surface area contributed by atoms with Gasteiger partial charge in [0.25, 0.3) is 0 Å². The molecule has 1 heterocycles. The van der Waals surface area contributed by atoms with Crippen LogP contribution in [0.25, 0.3) is 5.69 Å². The van der Waals surface area contributed by atoms with Gasteiger partial charge in [0, 0.05) is 6.20 Å². The van der Waals surface area contributed by atoms with Crippen LogP contribution in [-0.2, 0) is 5.88 Å². The monoisotopic (exact) mass is 234 g/mol. The summed E-state index contributed by atoms with van der Waals surface area (Å²) in [6, 6.07) is 10.4. The standard InChI is InChI=1S/C13H15ClN2/c1-10(2)11-4-3-5-13(8-11)16-7-6-12(9-14)15-16/h3-8,10H,9H2,1-2H3. The quantitative estimate of drug-likeness (QED) is 0.740. The molecule has 0 spiro atoms. The summed E-state index contributed by atoms with van der Waals surface area (Å²) >= 11 is 5.73. The molecule has 1 aromatic carbocycles. The van der Waals surface area contributed by atoms with Crippen molar-refractivity contribution in [1.82, 2.24) is 9.78 Å². The molecule has 0 radical (unpaired) electrons. The SMILES string of the molecule is CC(C)c1cccc(-n2ccc(CCl)n2)c1. The number of hydrogen-bond acceptors (Lipinski definition) is 1. The van der Waals surface area contributed by atoms with Crippen molar-refractivity contribution in [2.75, 3.05) is 0 Å². The Kier molecular flexibility index (Phi) is 3.30. The molecule has 0 aliphatic carbocycles. The Morgan fingerprint density at radius 1 is 1.31 bits per heavy atom. The smallest absolute Gasteiger partial charge is 0.0776 e. The van der Waals surface area contributed by atoms with Crippen molar-refractivity contribution in [3.8, 4) is 5.69 Å². The van der Waals surface area contributed by atoms with Gasteiger partial charge in [-0.05, 0) is 29.7 Å². The van der Waals surface area contributed by atoms with Gasteiger partial charge < -0.3 is 0 Å². The molecule has 0 aliphatic rings. The van der Waals surface area contributed by atoms with Gasteiger partial charge in [0.05, 0.1) is 17.3 Å². The summed E-state index contributed by atoms with van der Waals surface area (Å²) in [5.74, 6) is 0.986. The average Bonchev–Trinajstić information content (AvgIpc) is 2.77. The summed E-state index contributed by atoms with van der Waals surface area (Å²) in [7, 11) is 0. The molecule has 0 amide bonds. The fraction of sp³-hybridized carbons (Fsp3) is 0.308. The van der Waals surface area contributed by atoms with Crippen LogP contribution in [-0.4, -0.2) is 9.78 Å². The van der Waals surface area contributed by atoms with Gasteiger partial charge in [0.15, 0.2) is 0 Å². The first-order valence-corrected chi connectivity index (χ1v) is 5.95. The van der Waals surface area contributed by atoms with E-state index >= 15 is 0 Å². The molecule has 16 heavy (non-hydrogen) atoms. The fourth-order valence-electron chi connectivity index (χ4n) is 1.60. The van der Waals surface area contributed by atoms with E-state index in [0.717, 1.165) is 11.4 Å². The van der Waals surface area contributed by atoms with Crippen molar-refractivity contribution in [3.05, 3.63) is 47.8 Å². The van der Waals surface area contributed by atoms with Crippen LogP contribution in [0.2, 0.25) is 0 Å². The maximum Gasteiger partial charge on any atom is 0.0776 e. The fourth-order valence-corrected chi connectivity index (χ4v) is 1.75. The Labute approximate surface area is 101 Å². The summed E-state index contributed by atoms with van der Waals surface area (Å²) in [4.78, 5) is 0. The molecule has 2 aromatic rings. The van der Waals surface area contributed by atoms with E-state index in [2.05, 4.69) is 43.2 Å². The zero-order valence-corrected chi connectivity index (χ0v) is 10.3. The van der Waals surface area contributed by atoms with Crippen molar-refractivity contribution in [2.24, 2.45) is 0 Å². The van der Waals surface area contributed by atoms with Gasteiger partial charge in [-0.15, -0.1) is 11.6 Å². The Morgan fingerprint density at radius 2 is 2.12 bits per heavy atom.